The molecular weight excluding hydrogens is 267 g/mol. The van der Waals surface area contributed by atoms with Crippen LogP contribution in [0.2, 0.25) is 5.02 Å². The average molecular weight is 279 g/mol. The number of rotatable bonds is 2. The van der Waals surface area contributed by atoms with E-state index in [-0.39, 0.29) is 11.4 Å². The number of hydrogen-bond acceptors (Lipinski definition) is 2. The van der Waals surface area contributed by atoms with Gasteiger partial charge in [0.05, 0.1) is 5.69 Å². The Balaban J connectivity index is 2.31. The molecule has 98 valence electrons. The van der Waals surface area contributed by atoms with Crippen LogP contribution in [0.15, 0.2) is 36.4 Å². The number of nitrogens with two attached hydrogens (primary N) is 1. The molecule has 3 N–H and O–H groups in total. The van der Waals surface area contributed by atoms with Crippen LogP contribution < -0.4 is 11.1 Å². The van der Waals surface area contributed by atoms with Crippen molar-refractivity contribution < 1.29 is 9.18 Å². The van der Waals surface area contributed by atoms with Gasteiger partial charge in [0, 0.05) is 10.6 Å². The molecule has 0 bridgehead atoms. The Morgan fingerprint density at radius 2 is 2.05 bits per heavy atom. The topological polar surface area (TPSA) is 55.1 Å². The van der Waals surface area contributed by atoms with Crippen LogP contribution in [-0.2, 0) is 0 Å². The number of carbonyl (C=O) groups excluding carboxylic acids is 1. The van der Waals surface area contributed by atoms with Gasteiger partial charge in [-0.2, -0.15) is 0 Å². The predicted molar refractivity (Wildman–Crippen MR) is 75.0 cm³/mol. The van der Waals surface area contributed by atoms with Crippen LogP contribution in [0.1, 0.15) is 15.9 Å². The molecule has 0 spiro atoms. The van der Waals surface area contributed by atoms with Gasteiger partial charge in [-0.1, -0.05) is 17.7 Å². The van der Waals surface area contributed by atoms with Crippen molar-refractivity contribution in [2.24, 2.45) is 0 Å². The van der Waals surface area contributed by atoms with E-state index >= 15 is 0 Å². The van der Waals surface area contributed by atoms with E-state index < -0.39 is 11.7 Å². The van der Waals surface area contributed by atoms with E-state index in [0.29, 0.717) is 16.1 Å². The van der Waals surface area contributed by atoms with Crippen molar-refractivity contribution in [1.82, 2.24) is 0 Å². The molecule has 2 aromatic rings. The Morgan fingerprint density at radius 1 is 1.32 bits per heavy atom. The van der Waals surface area contributed by atoms with Crippen molar-refractivity contribution in [3.8, 4) is 0 Å². The minimum absolute atomic E-state index is 0.0122. The van der Waals surface area contributed by atoms with E-state index in [0.717, 1.165) is 0 Å². The highest BCUT2D eigenvalue weighted by atomic mass is 35.5. The van der Waals surface area contributed by atoms with Crippen molar-refractivity contribution in [3.63, 3.8) is 0 Å². The van der Waals surface area contributed by atoms with Crippen molar-refractivity contribution in [1.29, 1.82) is 0 Å². The number of nitrogens with one attached hydrogen (secondary N) is 1. The highest BCUT2D eigenvalue weighted by Crippen LogP contribution is 2.23. The van der Waals surface area contributed by atoms with Gasteiger partial charge in [-0.25, -0.2) is 4.39 Å². The molecule has 0 aliphatic rings. The van der Waals surface area contributed by atoms with Crippen molar-refractivity contribution in [2.75, 3.05) is 11.1 Å². The standard InChI is InChI=1S/C14H12ClFN2O/c1-8-7-9(15)5-6-10(8)14(19)18-13-11(16)3-2-4-12(13)17/h2-7H,17H2,1H3,(H,18,19). The van der Waals surface area contributed by atoms with Gasteiger partial charge in [0.15, 0.2) is 0 Å². The van der Waals surface area contributed by atoms with Crippen LogP contribution in [0.5, 0.6) is 0 Å². The van der Waals surface area contributed by atoms with Crippen LogP contribution in [0.3, 0.4) is 0 Å². The molecule has 2 rings (SSSR count). The molecule has 3 nitrogen and oxygen atoms in total. The summed E-state index contributed by atoms with van der Waals surface area (Å²) in [5.74, 6) is -0.995. The summed E-state index contributed by atoms with van der Waals surface area (Å²) in [6.45, 7) is 1.76. The van der Waals surface area contributed by atoms with E-state index in [1.165, 1.54) is 18.2 Å². The van der Waals surface area contributed by atoms with Crippen molar-refractivity contribution >= 4 is 28.9 Å². The lowest BCUT2D eigenvalue weighted by Crippen LogP contribution is -2.15. The molecule has 0 saturated carbocycles. The summed E-state index contributed by atoms with van der Waals surface area (Å²) >= 11 is 5.82. The summed E-state index contributed by atoms with van der Waals surface area (Å²) in [6.07, 6.45) is 0. The van der Waals surface area contributed by atoms with Crippen LogP contribution >= 0.6 is 11.6 Å². The van der Waals surface area contributed by atoms with Gasteiger partial charge >= 0.3 is 0 Å². The van der Waals surface area contributed by atoms with Crippen molar-refractivity contribution in [3.05, 3.63) is 58.4 Å². The number of anilines is 2. The smallest absolute Gasteiger partial charge is 0.256 e. The first kappa shape index (κ1) is 13.4. The number of carbonyl (C=O) groups is 1. The largest absolute Gasteiger partial charge is 0.397 e. The lowest BCUT2D eigenvalue weighted by atomic mass is 10.1. The molecule has 5 heteroatoms. The maximum Gasteiger partial charge on any atom is 0.256 e. The summed E-state index contributed by atoms with van der Waals surface area (Å²) in [4.78, 5) is 12.1. The van der Waals surface area contributed by atoms with E-state index in [4.69, 9.17) is 17.3 Å². The van der Waals surface area contributed by atoms with Gasteiger partial charge in [-0.15, -0.1) is 0 Å². The fraction of sp³-hybridized carbons (Fsp3) is 0.0714. The molecule has 2 aromatic carbocycles. The van der Waals surface area contributed by atoms with Crippen LogP contribution in [0.25, 0.3) is 0 Å². The zero-order valence-corrected chi connectivity index (χ0v) is 11.0. The molecule has 0 saturated heterocycles. The number of nitrogen functional groups attached to an aromatic ring is 1. The van der Waals surface area contributed by atoms with Gasteiger partial charge in [-0.3, -0.25) is 4.79 Å². The van der Waals surface area contributed by atoms with Gasteiger partial charge < -0.3 is 11.1 Å². The van der Waals surface area contributed by atoms with E-state index in [1.807, 2.05) is 0 Å². The Bertz CT molecular complexity index is 623. The fourth-order valence-corrected chi connectivity index (χ4v) is 1.96. The number of amides is 1. The Labute approximate surface area is 115 Å². The van der Waals surface area contributed by atoms with Crippen LogP contribution in [0, 0.1) is 12.7 Å². The highest BCUT2D eigenvalue weighted by molar-refractivity contribution is 6.30. The van der Waals surface area contributed by atoms with Gasteiger partial charge in [0.2, 0.25) is 0 Å². The minimum Gasteiger partial charge on any atom is -0.397 e. The van der Waals surface area contributed by atoms with Crippen LogP contribution in [-0.4, -0.2) is 5.91 Å². The quantitative estimate of drug-likeness (QED) is 0.824. The Morgan fingerprint density at radius 3 is 2.68 bits per heavy atom. The van der Waals surface area contributed by atoms with Gasteiger partial charge in [-0.05, 0) is 42.8 Å². The molecule has 1 amide bonds. The second kappa shape index (κ2) is 5.28. The number of aryl methyl sites for hydroxylation is 1. The average Bonchev–Trinajstić information content (AvgIpc) is 2.33. The molecule has 0 aromatic heterocycles. The SMILES string of the molecule is Cc1cc(Cl)ccc1C(=O)Nc1c(N)cccc1F. The summed E-state index contributed by atoms with van der Waals surface area (Å²) in [7, 11) is 0. The second-order valence-corrected chi connectivity index (χ2v) is 4.55. The number of halogens is 2. The molecule has 19 heavy (non-hydrogen) atoms. The monoisotopic (exact) mass is 278 g/mol. The van der Waals surface area contributed by atoms with Crippen LogP contribution in [0.4, 0.5) is 15.8 Å². The number of benzene rings is 2. The van der Waals surface area contributed by atoms with Gasteiger partial charge in [0.1, 0.15) is 11.5 Å². The Hall–Kier alpha value is -2.07. The van der Waals surface area contributed by atoms with E-state index in [9.17, 15) is 9.18 Å². The molecule has 0 aliphatic heterocycles. The molecule has 0 aliphatic carbocycles. The summed E-state index contributed by atoms with van der Waals surface area (Å²) < 4.78 is 13.6. The molecule has 0 unspecified atom stereocenters. The normalized spacial score (nSPS) is 10.3. The summed E-state index contributed by atoms with van der Waals surface area (Å²) in [5, 5.41) is 3.01. The Kier molecular flexibility index (Phi) is 3.71. The zero-order chi connectivity index (χ0) is 14.0. The second-order valence-electron chi connectivity index (χ2n) is 4.12. The predicted octanol–water partition coefficient (Wildman–Crippen LogP) is 3.62. The van der Waals surface area contributed by atoms with E-state index in [1.54, 1.807) is 25.1 Å². The maximum absolute atomic E-state index is 13.6. The number of para-hydroxylation sites is 1. The molecule has 0 atom stereocenters. The van der Waals surface area contributed by atoms with E-state index in [2.05, 4.69) is 5.32 Å². The molecule has 0 fully saturated rings. The third-order valence-corrected chi connectivity index (χ3v) is 2.95. The lowest BCUT2D eigenvalue weighted by molar-refractivity contribution is 0.102. The lowest BCUT2D eigenvalue weighted by Gasteiger charge is -2.10. The minimum atomic E-state index is -0.569. The van der Waals surface area contributed by atoms with Crippen molar-refractivity contribution in [2.45, 2.75) is 6.92 Å². The first-order chi connectivity index (χ1) is 8.99. The third-order valence-electron chi connectivity index (χ3n) is 2.72. The third kappa shape index (κ3) is 2.85. The first-order valence-electron chi connectivity index (χ1n) is 5.60. The van der Waals surface area contributed by atoms with Gasteiger partial charge in [0.25, 0.3) is 5.91 Å². The highest BCUT2D eigenvalue weighted by Gasteiger charge is 2.13. The summed E-state index contributed by atoms with van der Waals surface area (Å²) in [5.41, 5.74) is 6.93. The summed E-state index contributed by atoms with van der Waals surface area (Å²) in [6, 6.07) is 9.10. The maximum atomic E-state index is 13.6. The number of hydrogen-bond donors (Lipinski definition) is 2. The fourth-order valence-electron chi connectivity index (χ4n) is 1.74. The molecule has 0 heterocycles. The molecular formula is C14H12ClFN2O. The first-order valence-corrected chi connectivity index (χ1v) is 5.98. The zero-order valence-electron chi connectivity index (χ0n) is 10.2. The molecule has 0 radical (unpaired) electrons.